The first kappa shape index (κ1) is 19.5. The van der Waals surface area contributed by atoms with E-state index in [0.29, 0.717) is 35.2 Å². The third kappa shape index (κ3) is 4.43. The molecule has 0 bridgehead atoms. The fraction of sp³-hybridized carbons (Fsp3) is 0.261. The number of aromatic nitrogens is 2. The molecule has 2 aromatic carbocycles. The predicted molar refractivity (Wildman–Crippen MR) is 117 cm³/mol. The highest BCUT2D eigenvalue weighted by Gasteiger charge is 2.32. The fourth-order valence-electron chi connectivity index (χ4n) is 3.34. The Kier molecular flexibility index (Phi) is 5.81. The van der Waals surface area contributed by atoms with Gasteiger partial charge in [0.2, 0.25) is 5.91 Å². The summed E-state index contributed by atoms with van der Waals surface area (Å²) in [4.78, 5) is 32.4. The van der Waals surface area contributed by atoms with Crippen LogP contribution in [0.5, 0.6) is 0 Å². The number of hydrogen-bond donors (Lipinski definition) is 0. The molecule has 6 heteroatoms. The number of benzene rings is 2. The van der Waals surface area contributed by atoms with E-state index in [-0.39, 0.29) is 17.2 Å². The van der Waals surface area contributed by atoms with Crippen LogP contribution in [0.1, 0.15) is 18.4 Å². The zero-order chi connectivity index (χ0) is 20.2. The van der Waals surface area contributed by atoms with E-state index in [9.17, 15) is 9.59 Å². The standard InChI is InChI=1S/C23H23N3O2S/c1-2-14-25-22(28)19-10-6-7-11-20(19)24-23(25)29-16-21(27)26(18-12-13-18)15-17-8-4-3-5-9-17/h2-11,18H,1,12-16H2. The molecule has 1 heterocycles. The summed E-state index contributed by atoms with van der Waals surface area (Å²) in [5, 5.41) is 1.13. The van der Waals surface area contributed by atoms with Crippen molar-refractivity contribution in [1.29, 1.82) is 0 Å². The van der Waals surface area contributed by atoms with E-state index in [1.807, 2.05) is 53.4 Å². The Balaban J connectivity index is 1.55. The van der Waals surface area contributed by atoms with Gasteiger partial charge in [-0.2, -0.15) is 0 Å². The normalized spacial score (nSPS) is 13.4. The zero-order valence-electron chi connectivity index (χ0n) is 16.2. The van der Waals surface area contributed by atoms with Gasteiger partial charge < -0.3 is 4.90 Å². The Morgan fingerprint density at radius 2 is 1.90 bits per heavy atom. The monoisotopic (exact) mass is 405 g/mol. The van der Waals surface area contributed by atoms with E-state index in [0.717, 1.165) is 18.4 Å². The summed E-state index contributed by atoms with van der Waals surface area (Å²) >= 11 is 1.32. The lowest BCUT2D eigenvalue weighted by atomic mass is 10.2. The van der Waals surface area contributed by atoms with Gasteiger partial charge >= 0.3 is 0 Å². The molecular formula is C23H23N3O2S. The second-order valence-corrected chi connectivity index (χ2v) is 8.09. The largest absolute Gasteiger partial charge is 0.335 e. The van der Waals surface area contributed by atoms with E-state index in [1.54, 1.807) is 16.7 Å². The molecule has 4 rings (SSSR count). The van der Waals surface area contributed by atoms with Crippen molar-refractivity contribution >= 4 is 28.6 Å². The van der Waals surface area contributed by atoms with Gasteiger partial charge in [0.15, 0.2) is 5.16 Å². The van der Waals surface area contributed by atoms with Gasteiger partial charge in [-0.15, -0.1) is 6.58 Å². The molecule has 29 heavy (non-hydrogen) atoms. The predicted octanol–water partition coefficient (Wildman–Crippen LogP) is 3.87. The van der Waals surface area contributed by atoms with Crippen LogP contribution < -0.4 is 5.56 Å². The van der Waals surface area contributed by atoms with E-state index in [4.69, 9.17) is 0 Å². The molecule has 0 spiro atoms. The zero-order valence-corrected chi connectivity index (χ0v) is 17.0. The summed E-state index contributed by atoms with van der Waals surface area (Å²) in [5.41, 5.74) is 1.68. The first-order valence-corrected chi connectivity index (χ1v) is 10.7. The minimum atomic E-state index is -0.103. The summed E-state index contributed by atoms with van der Waals surface area (Å²) in [5.74, 6) is 0.333. The molecule has 1 aliphatic rings. The first-order chi connectivity index (χ1) is 14.2. The second kappa shape index (κ2) is 8.66. The lowest BCUT2D eigenvalue weighted by molar-refractivity contribution is -0.129. The Morgan fingerprint density at radius 3 is 2.62 bits per heavy atom. The number of hydrogen-bond acceptors (Lipinski definition) is 4. The second-order valence-electron chi connectivity index (χ2n) is 7.14. The van der Waals surface area contributed by atoms with Gasteiger partial charge in [-0.1, -0.05) is 60.3 Å². The number of amides is 1. The van der Waals surface area contributed by atoms with E-state index in [1.165, 1.54) is 11.8 Å². The van der Waals surface area contributed by atoms with Crippen molar-refractivity contribution in [3.05, 3.63) is 83.2 Å². The maximum Gasteiger partial charge on any atom is 0.262 e. The molecule has 0 unspecified atom stereocenters. The average molecular weight is 406 g/mol. The number of carbonyl (C=O) groups is 1. The van der Waals surface area contributed by atoms with Crippen LogP contribution in [0.4, 0.5) is 0 Å². The van der Waals surface area contributed by atoms with Crippen LogP contribution in [0.15, 0.2) is 77.2 Å². The molecule has 0 atom stereocenters. The van der Waals surface area contributed by atoms with Crippen LogP contribution in [0.25, 0.3) is 10.9 Å². The Labute approximate surface area is 174 Å². The van der Waals surface area contributed by atoms with Crippen LogP contribution in [-0.4, -0.2) is 32.2 Å². The van der Waals surface area contributed by atoms with Crippen molar-refractivity contribution in [3.8, 4) is 0 Å². The van der Waals surface area contributed by atoms with Crippen LogP contribution in [0.3, 0.4) is 0 Å². The number of para-hydroxylation sites is 1. The molecule has 1 amide bonds. The third-order valence-electron chi connectivity index (χ3n) is 4.97. The highest BCUT2D eigenvalue weighted by Crippen LogP contribution is 2.29. The number of rotatable bonds is 8. The van der Waals surface area contributed by atoms with Crippen LogP contribution in [-0.2, 0) is 17.9 Å². The van der Waals surface area contributed by atoms with Gasteiger partial charge in [0, 0.05) is 19.1 Å². The quantitative estimate of drug-likeness (QED) is 0.324. The molecule has 1 saturated carbocycles. The number of fused-ring (bicyclic) bond motifs is 1. The topological polar surface area (TPSA) is 55.2 Å². The molecule has 0 N–H and O–H groups in total. The van der Waals surface area contributed by atoms with E-state index >= 15 is 0 Å². The fourth-order valence-corrected chi connectivity index (χ4v) is 4.24. The molecule has 5 nitrogen and oxygen atoms in total. The summed E-state index contributed by atoms with van der Waals surface area (Å²) < 4.78 is 1.59. The first-order valence-electron chi connectivity index (χ1n) is 9.74. The Morgan fingerprint density at radius 1 is 1.17 bits per heavy atom. The van der Waals surface area contributed by atoms with Crippen LogP contribution >= 0.6 is 11.8 Å². The molecule has 0 aliphatic heterocycles. The smallest absolute Gasteiger partial charge is 0.262 e. The van der Waals surface area contributed by atoms with Gasteiger partial charge in [0.25, 0.3) is 5.56 Å². The lowest BCUT2D eigenvalue weighted by Gasteiger charge is -2.22. The minimum Gasteiger partial charge on any atom is -0.335 e. The molecule has 3 aromatic rings. The molecular weight excluding hydrogens is 382 g/mol. The van der Waals surface area contributed by atoms with Crippen molar-refractivity contribution in [2.75, 3.05) is 5.75 Å². The molecule has 0 saturated heterocycles. The van der Waals surface area contributed by atoms with Gasteiger partial charge in [-0.05, 0) is 30.5 Å². The number of thioether (sulfide) groups is 1. The summed E-state index contributed by atoms with van der Waals surface area (Å²) in [6.07, 6.45) is 3.78. The molecule has 0 radical (unpaired) electrons. The van der Waals surface area contributed by atoms with Crippen LogP contribution in [0.2, 0.25) is 0 Å². The number of carbonyl (C=O) groups excluding carboxylic acids is 1. The van der Waals surface area contributed by atoms with Crippen molar-refractivity contribution < 1.29 is 4.79 Å². The molecule has 1 aliphatic carbocycles. The minimum absolute atomic E-state index is 0.0777. The number of allylic oxidation sites excluding steroid dienone is 1. The highest BCUT2D eigenvalue weighted by atomic mass is 32.2. The van der Waals surface area contributed by atoms with Crippen LogP contribution in [0, 0.1) is 0 Å². The molecule has 148 valence electrons. The molecule has 1 fully saturated rings. The van der Waals surface area contributed by atoms with Gasteiger partial charge in [0.1, 0.15) is 0 Å². The number of nitrogens with zero attached hydrogens (tertiary/aromatic N) is 3. The maximum absolute atomic E-state index is 13.0. The van der Waals surface area contributed by atoms with Crippen molar-refractivity contribution in [3.63, 3.8) is 0 Å². The summed E-state index contributed by atoms with van der Waals surface area (Å²) in [6, 6.07) is 17.7. The van der Waals surface area contributed by atoms with E-state index < -0.39 is 0 Å². The van der Waals surface area contributed by atoms with Crippen molar-refractivity contribution in [2.45, 2.75) is 37.1 Å². The van der Waals surface area contributed by atoms with Crippen molar-refractivity contribution in [2.24, 2.45) is 0 Å². The van der Waals surface area contributed by atoms with Gasteiger partial charge in [0.05, 0.1) is 16.7 Å². The van der Waals surface area contributed by atoms with Gasteiger partial charge in [-0.3, -0.25) is 14.2 Å². The van der Waals surface area contributed by atoms with E-state index in [2.05, 4.69) is 11.6 Å². The molecule has 1 aromatic heterocycles. The van der Waals surface area contributed by atoms with Gasteiger partial charge in [-0.25, -0.2) is 4.98 Å². The maximum atomic E-state index is 13.0. The SMILES string of the molecule is C=CCn1c(SCC(=O)N(Cc2ccccc2)C2CC2)nc2ccccc2c1=O. The lowest BCUT2D eigenvalue weighted by Crippen LogP contribution is -2.34. The highest BCUT2D eigenvalue weighted by molar-refractivity contribution is 7.99. The average Bonchev–Trinajstić information content (AvgIpc) is 3.58. The Hall–Kier alpha value is -2.86. The third-order valence-corrected chi connectivity index (χ3v) is 5.93. The summed E-state index contributed by atoms with van der Waals surface area (Å²) in [7, 11) is 0. The summed E-state index contributed by atoms with van der Waals surface area (Å²) in [6.45, 7) is 4.73. The van der Waals surface area contributed by atoms with Crippen molar-refractivity contribution in [1.82, 2.24) is 14.5 Å². The Bertz CT molecular complexity index is 1090.